The smallest absolute Gasteiger partial charge is 0.312 e. The Morgan fingerprint density at radius 3 is 1.96 bits per heavy atom. The Labute approximate surface area is 164 Å². The van der Waals surface area contributed by atoms with Crippen LogP contribution in [0.4, 0.5) is 0 Å². The van der Waals surface area contributed by atoms with E-state index in [0.717, 1.165) is 0 Å². The predicted octanol–water partition coefficient (Wildman–Crippen LogP) is -0.360. The quantitative estimate of drug-likeness (QED) is 0.377. The van der Waals surface area contributed by atoms with Gasteiger partial charge in [-0.15, -0.1) is 0 Å². The van der Waals surface area contributed by atoms with E-state index in [1.807, 2.05) is 13.8 Å². The van der Waals surface area contributed by atoms with Gasteiger partial charge >= 0.3 is 11.9 Å². The maximum Gasteiger partial charge on any atom is 0.312 e. The summed E-state index contributed by atoms with van der Waals surface area (Å²) in [5.41, 5.74) is 5.37. The van der Waals surface area contributed by atoms with Crippen LogP contribution >= 0.6 is 0 Å². The van der Waals surface area contributed by atoms with Crippen molar-refractivity contribution in [2.75, 3.05) is 13.2 Å². The fourth-order valence-electron chi connectivity index (χ4n) is 2.56. The number of carbonyl (C=O) groups excluding carboxylic acids is 5. The lowest BCUT2D eigenvalue weighted by Crippen LogP contribution is -2.57. The van der Waals surface area contributed by atoms with Crippen molar-refractivity contribution >= 4 is 29.7 Å². The number of esters is 2. The second-order valence-electron chi connectivity index (χ2n) is 6.64. The van der Waals surface area contributed by atoms with Gasteiger partial charge in [0.1, 0.15) is 12.1 Å². The number of hydrogen-bond acceptors (Lipinski definition) is 7. The summed E-state index contributed by atoms with van der Waals surface area (Å²) in [6.07, 6.45) is -0.186. The maximum absolute atomic E-state index is 12.6. The van der Waals surface area contributed by atoms with Crippen LogP contribution in [0.5, 0.6) is 0 Å². The van der Waals surface area contributed by atoms with Crippen LogP contribution < -0.4 is 16.4 Å². The number of primary amides is 1. The summed E-state index contributed by atoms with van der Waals surface area (Å²) in [5.74, 6) is -5.01. The first-order chi connectivity index (χ1) is 13.0. The summed E-state index contributed by atoms with van der Waals surface area (Å²) < 4.78 is 9.73. The zero-order chi connectivity index (χ0) is 21.9. The molecule has 0 fully saturated rings. The van der Waals surface area contributed by atoms with Crippen LogP contribution in [0, 0.1) is 11.8 Å². The molecule has 0 saturated heterocycles. The monoisotopic (exact) mass is 401 g/mol. The molecule has 0 heterocycles. The molecule has 160 valence electrons. The van der Waals surface area contributed by atoms with Crippen LogP contribution in [0.1, 0.15) is 47.5 Å². The molecular weight excluding hydrogens is 370 g/mol. The summed E-state index contributed by atoms with van der Waals surface area (Å²) >= 11 is 0. The van der Waals surface area contributed by atoms with Crippen molar-refractivity contribution in [3.63, 3.8) is 0 Å². The molecule has 0 saturated carbocycles. The van der Waals surface area contributed by atoms with Crippen LogP contribution in [0.15, 0.2) is 0 Å². The fraction of sp³-hybridized carbons (Fsp3) is 0.722. The molecule has 28 heavy (non-hydrogen) atoms. The molecule has 0 aromatic carbocycles. The highest BCUT2D eigenvalue weighted by atomic mass is 16.5. The summed E-state index contributed by atoms with van der Waals surface area (Å²) in [5, 5.41) is 4.88. The summed E-state index contributed by atoms with van der Waals surface area (Å²) in [6.45, 7) is 8.22. The fourth-order valence-corrected chi connectivity index (χ4v) is 2.56. The third-order valence-corrected chi connectivity index (χ3v) is 3.69. The summed E-state index contributed by atoms with van der Waals surface area (Å²) in [4.78, 5) is 60.1. The van der Waals surface area contributed by atoms with Gasteiger partial charge in [-0.1, -0.05) is 13.8 Å². The highest BCUT2D eigenvalue weighted by Crippen LogP contribution is 2.15. The van der Waals surface area contributed by atoms with E-state index in [1.165, 1.54) is 6.92 Å². The van der Waals surface area contributed by atoms with Crippen LogP contribution in [-0.2, 0) is 33.4 Å². The van der Waals surface area contributed by atoms with Crippen LogP contribution in [0.3, 0.4) is 0 Å². The standard InChI is InChI=1S/C18H31N3O7/c1-6-27-14(23)9-12(18(26)28-7-2)15(16(19)24)21-17(25)13(8-10(3)4)20-11(5)22/h10,12-13,15H,6-9H2,1-5H3,(H2,19,24)(H,20,22)(H,21,25)/t12-,13+,15+/m1/s1. The van der Waals surface area contributed by atoms with Gasteiger partial charge in [0, 0.05) is 6.92 Å². The van der Waals surface area contributed by atoms with Gasteiger partial charge in [-0.3, -0.25) is 24.0 Å². The average Bonchev–Trinajstić information content (AvgIpc) is 2.56. The molecule has 3 amide bonds. The Hall–Kier alpha value is -2.65. The van der Waals surface area contributed by atoms with Gasteiger partial charge in [0.05, 0.1) is 25.6 Å². The first kappa shape index (κ1) is 25.4. The molecule has 0 radical (unpaired) electrons. The molecular formula is C18H31N3O7. The van der Waals surface area contributed by atoms with E-state index in [2.05, 4.69) is 10.6 Å². The van der Waals surface area contributed by atoms with Crippen LogP contribution in [0.2, 0.25) is 0 Å². The van der Waals surface area contributed by atoms with Gasteiger partial charge < -0.3 is 25.8 Å². The van der Waals surface area contributed by atoms with Crippen molar-refractivity contribution in [1.29, 1.82) is 0 Å². The van der Waals surface area contributed by atoms with Crippen molar-refractivity contribution < 1.29 is 33.4 Å². The minimum atomic E-state index is -1.50. The molecule has 0 rings (SSSR count). The molecule has 0 aliphatic heterocycles. The molecule has 0 bridgehead atoms. The van der Waals surface area contributed by atoms with Gasteiger partial charge in [-0.05, 0) is 26.2 Å². The number of nitrogens with one attached hydrogen (secondary N) is 2. The molecule has 0 aliphatic carbocycles. The molecule has 0 aliphatic rings. The van der Waals surface area contributed by atoms with E-state index in [9.17, 15) is 24.0 Å². The molecule has 10 heteroatoms. The molecule has 10 nitrogen and oxygen atoms in total. The number of hydrogen-bond donors (Lipinski definition) is 3. The number of carbonyl (C=O) groups is 5. The Balaban J connectivity index is 5.59. The van der Waals surface area contributed by atoms with E-state index in [-0.39, 0.29) is 19.1 Å². The highest BCUT2D eigenvalue weighted by molar-refractivity contribution is 5.95. The largest absolute Gasteiger partial charge is 0.466 e. The number of nitrogens with two attached hydrogens (primary N) is 1. The normalized spacial score (nSPS) is 13.8. The second-order valence-corrected chi connectivity index (χ2v) is 6.64. The Morgan fingerprint density at radius 1 is 0.964 bits per heavy atom. The van der Waals surface area contributed by atoms with Gasteiger partial charge in [-0.2, -0.15) is 0 Å². The molecule has 4 N–H and O–H groups in total. The van der Waals surface area contributed by atoms with Gasteiger partial charge in [0.25, 0.3) is 0 Å². The van der Waals surface area contributed by atoms with Crippen molar-refractivity contribution in [1.82, 2.24) is 10.6 Å². The Bertz CT molecular complexity index is 578. The summed E-state index contributed by atoms with van der Waals surface area (Å²) in [7, 11) is 0. The molecule has 0 aromatic rings. The topological polar surface area (TPSA) is 154 Å². The lowest BCUT2D eigenvalue weighted by atomic mass is 9.94. The van der Waals surface area contributed by atoms with Gasteiger partial charge in [-0.25, -0.2) is 0 Å². The Morgan fingerprint density at radius 2 is 1.54 bits per heavy atom. The van der Waals surface area contributed by atoms with Gasteiger partial charge in [0.2, 0.25) is 17.7 Å². The van der Waals surface area contributed by atoms with E-state index in [1.54, 1.807) is 13.8 Å². The minimum absolute atomic E-state index is 0.0133. The molecule has 0 unspecified atom stereocenters. The number of rotatable bonds is 12. The van der Waals surface area contributed by atoms with E-state index in [4.69, 9.17) is 15.2 Å². The SMILES string of the molecule is CCOC(=O)C[C@@H](C(=O)OCC)[C@H](NC(=O)[C@H](CC(C)C)NC(C)=O)C(N)=O. The maximum atomic E-state index is 12.6. The Kier molecular flexibility index (Phi) is 11.5. The van der Waals surface area contributed by atoms with E-state index in [0.29, 0.717) is 6.42 Å². The van der Waals surface area contributed by atoms with Crippen molar-refractivity contribution in [2.45, 2.75) is 59.5 Å². The van der Waals surface area contributed by atoms with E-state index >= 15 is 0 Å². The second kappa shape index (κ2) is 12.7. The minimum Gasteiger partial charge on any atom is -0.466 e. The molecule has 0 aromatic heterocycles. The van der Waals surface area contributed by atoms with Gasteiger partial charge in [0.15, 0.2) is 0 Å². The lowest BCUT2D eigenvalue weighted by molar-refractivity contribution is -0.157. The lowest BCUT2D eigenvalue weighted by Gasteiger charge is -2.26. The first-order valence-electron chi connectivity index (χ1n) is 9.22. The predicted molar refractivity (Wildman–Crippen MR) is 99.6 cm³/mol. The van der Waals surface area contributed by atoms with Crippen molar-refractivity contribution in [3.05, 3.63) is 0 Å². The zero-order valence-electron chi connectivity index (χ0n) is 17.1. The van der Waals surface area contributed by atoms with E-state index < -0.39 is 54.1 Å². The first-order valence-corrected chi connectivity index (χ1v) is 9.22. The number of amides is 3. The number of ether oxygens (including phenoxy) is 2. The summed E-state index contributed by atoms with van der Waals surface area (Å²) in [6, 6.07) is -2.43. The molecule has 3 atom stereocenters. The third kappa shape index (κ3) is 9.33. The van der Waals surface area contributed by atoms with Crippen LogP contribution in [0.25, 0.3) is 0 Å². The van der Waals surface area contributed by atoms with Crippen molar-refractivity contribution in [3.8, 4) is 0 Å². The molecule has 0 spiro atoms. The third-order valence-electron chi connectivity index (χ3n) is 3.69. The van der Waals surface area contributed by atoms with Crippen LogP contribution in [-0.4, -0.2) is 55.0 Å². The average molecular weight is 401 g/mol. The highest BCUT2D eigenvalue weighted by Gasteiger charge is 2.38. The van der Waals surface area contributed by atoms with Crippen molar-refractivity contribution in [2.24, 2.45) is 17.6 Å². The zero-order valence-corrected chi connectivity index (χ0v) is 17.1.